The first-order valence-corrected chi connectivity index (χ1v) is 13.2. The molecule has 1 aliphatic rings. The van der Waals surface area contributed by atoms with Gasteiger partial charge < -0.3 is 29.6 Å². The van der Waals surface area contributed by atoms with E-state index in [1.807, 2.05) is 70.3 Å². The fourth-order valence-corrected chi connectivity index (χ4v) is 5.27. The van der Waals surface area contributed by atoms with Gasteiger partial charge in [0.05, 0.1) is 42.9 Å². The summed E-state index contributed by atoms with van der Waals surface area (Å²) < 4.78 is 12.7. The van der Waals surface area contributed by atoms with Crippen LogP contribution in [0.25, 0.3) is 5.69 Å². The van der Waals surface area contributed by atoms with Crippen LogP contribution in [0.4, 0.5) is 11.4 Å². The quantitative estimate of drug-likeness (QED) is 0.226. The number of ether oxygens (including phenoxy) is 2. The second-order valence-corrected chi connectivity index (χ2v) is 9.48. The highest BCUT2D eigenvalue weighted by molar-refractivity contribution is 7.80. The number of nitrogens with one attached hydrogen (secondary N) is 2. The van der Waals surface area contributed by atoms with Crippen molar-refractivity contribution in [2.45, 2.75) is 25.4 Å². The van der Waals surface area contributed by atoms with E-state index in [4.69, 9.17) is 21.7 Å². The molecule has 1 saturated heterocycles. The van der Waals surface area contributed by atoms with E-state index in [1.54, 1.807) is 38.4 Å². The van der Waals surface area contributed by atoms with Gasteiger partial charge in [-0.25, -0.2) is 4.79 Å². The Bertz CT molecular complexity index is 1550. The lowest BCUT2D eigenvalue weighted by molar-refractivity contribution is -0.115. The molecule has 2 N–H and O–H groups in total. The summed E-state index contributed by atoms with van der Waals surface area (Å²) in [6, 6.07) is 21.9. The molecule has 0 spiro atoms. The van der Waals surface area contributed by atoms with Gasteiger partial charge >= 0.3 is 5.97 Å². The number of carbonyl (C=O) groups is 2. The Morgan fingerprint density at radius 1 is 1.05 bits per heavy atom. The highest BCUT2D eigenvalue weighted by Gasteiger charge is 2.42. The molecule has 2 aromatic carbocycles. The van der Waals surface area contributed by atoms with Gasteiger partial charge in [0.25, 0.3) is 0 Å². The molecule has 3 heterocycles. The van der Waals surface area contributed by atoms with E-state index in [0.717, 1.165) is 17.1 Å². The molecule has 1 aliphatic heterocycles. The average molecular weight is 556 g/mol. The molecule has 2 atom stereocenters. The van der Waals surface area contributed by atoms with Crippen LogP contribution in [0.3, 0.4) is 0 Å². The van der Waals surface area contributed by atoms with Gasteiger partial charge in [0.1, 0.15) is 11.8 Å². The van der Waals surface area contributed by atoms with Crippen LogP contribution in [0.5, 0.6) is 5.75 Å². The fraction of sp³-hybridized carbons (Fsp3) is 0.200. The molecule has 204 valence electrons. The average Bonchev–Trinajstić information content (AvgIpc) is 3.61. The topological polar surface area (TPSA) is 97.7 Å². The number of thiocarbonyl (C=S) groups is 1. The second-order valence-electron chi connectivity index (χ2n) is 9.09. The Labute approximate surface area is 237 Å². The number of aromatic nitrogens is 2. The molecule has 5 rings (SSSR count). The number of benzene rings is 2. The molecule has 1 fully saturated rings. The first kappa shape index (κ1) is 26.9. The highest BCUT2D eigenvalue weighted by Crippen LogP contribution is 2.44. The van der Waals surface area contributed by atoms with E-state index in [2.05, 4.69) is 15.6 Å². The van der Waals surface area contributed by atoms with Gasteiger partial charge in [-0.15, -0.1) is 0 Å². The van der Waals surface area contributed by atoms with Gasteiger partial charge in [0.15, 0.2) is 5.11 Å². The predicted molar refractivity (Wildman–Crippen MR) is 157 cm³/mol. The third-order valence-electron chi connectivity index (χ3n) is 6.81. The minimum Gasteiger partial charge on any atom is -0.494 e. The van der Waals surface area contributed by atoms with Crippen molar-refractivity contribution >= 4 is 40.6 Å². The van der Waals surface area contributed by atoms with Crippen molar-refractivity contribution in [2.24, 2.45) is 0 Å². The predicted octanol–water partition coefficient (Wildman–Crippen LogP) is 5.19. The summed E-state index contributed by atoms with van der Waals surface area (Å²) in [4.78, 5) is 31.4. The third kappa shape index (κ3) is 5.01. The number of rotatable bonds is 8. The monoisotopic (exact) mass is 555 g/mol. The molecule has 0 bridgehead atoms. The smallest absolute Gasteiger partial charge is 0.339 e. The lowest BCUT2D eigenvalue weighted by Crippen LogP contribution is -2.30. The zero-order valence-electron chi connectivity index (χ0n) is 22.3. The van der Waals surface area contributed by atoms with Crippen molar-refractivity contribution in [1.29, 1.82) is 0 Å². The second kappa shape index (κ2) is 11.6. The van der Waals surface area contributed by atoms with Crippen molar-refractivity contribution in [3.05, 3.63) is 102 Å². The molecular weight excluding hydrogens is 526 g/mol. The van der Waals surface area contributed by atoms with Crippen LogP contribution in [-0.4, -0.2) is 40.8 Å². The van der Waals surface area contributed by atoms with Crippen molar-refractivity contribution in [3.63, 3.8) is 0 Å². The molecular formula is C30H29N5O4S. The van der Waals surface area contributed by atoms with Gasteiger partial charge in [-0.1, -0.05) is 25.1 Å². The SMILES string of the molecule is CCC(=O)Nc1ccc(N2C(=S)N[C@H](c3ccccn3)[C@@H]2c2cccn2-c2ccccc2C(=O)OC)cc1OC. The Kier molecular flexibility index (Phi) is 7.79. The van der Waals surface area contributed by atoms with Crippen molar-refractivity contribution < 1.29 is 19.1 Å². The van der Waals surface area contributed by atoms with Crippen LogP contribution in [-0.2, 0) is 9.53 Å². The maximum atomic E-state index is 12.7. The van der Waals surface area contributed by atoms with Crippen LogP contribution in [0.2, 0.25) is 0 Å². The van der Waals surface area contributed by atoms with E-state index in [1.165, 1.54) is 7.11 Å². The lowest BCUT2D eigenvalue weighted by Gasteiger charge is -2.29. The third-order valence-corrected chi connectivity index (χ3v) is 7.12. The zero-order valence-corrected chi connectivity index (χ0v) is 23.1. The summed E-state index contributed by atoms with van der Waals surface area (Å²) in [6.07, 6.45) is 4.01. The molecule has 40 heavy (non-hydrogen) atoms. The number of methoxy groups -OCH3 is 2. The van der Waals surface area contributed by atoms with Crippen LogP contribution < -0.4 is 20.3 Å². The molecule has 0 saturated carbocycles. The number of amides is 1. The minimum atomic E-state index is -0.428. The molecule has 9 nitrogen and oxygen atoms in total. The molecule has 10 heteroatoms. The first-order chi connectivity index (χ1) is 19.5. The van der Waals surface area contributed by atoms with E-state index < -0.39 is 5.97 Å². The number of carbonyl (C=O) groups excluding carboxylic acids is 2. The van der Waals surface area contributed by atoms with Crippen LogP contribution in [0.15, 0.2) is 85.2 Å². The fourth-order valence-electron chi connectivity index (χ4n) is 4.93. The Morgan fingerprint density at radius 2 is 1.85 bits per heavy atom. The maximum Gasteiger partial charge on any atom is 0.339 e. The minimum absolute atomic E-state index is 0.111. The Hall–Kier alpha value is -4.70. The number of pyridine rings is 1. The summed E-state index contributed by atoms with van der Waals surface area (Å²) in [5.41, 5.74) is 4.15. The molecule has 0 aliphatic carbocycles. The summed E-state index contributed by atoms with van der Waals surface area (Å²) in [5.74, 6) is -0.0314. The number of para-hydroxylation sites is 1. The van der Waals surface area contributed by atoms with E-state index >= 15 is 0 Å². The normalized spacial score (nSPS) is 16.4. The molecule has 2 aromatic heterocycles. The maximum absolute atomic E-state index is 12.7. The van der Waals surface area contributed by atoms with E-state index in [0.29, 0.717) is 34.2 Å². The van der Waals surface area contributed by atoms with Crippen molar-refractivity contribution in [2.75, 3.05) is 24.4 Å². The number of anilines is 2. The Morgan fingerprint density at radius 3 is 2.58 bits per heavy atom. The number of hydrogen-bond acceptors (Lipinski definition) is 6. The van der Waals surface area contributed by atoms with E-state index in [9.17, 15) is 9.59 Å². The summed E-state index contributed by atoms with van der Waals surface area (Å²) in [6.45, 7) is 1.79. The molecule has 0 unspecified atom stereocenters. The van der Waals surface area contributed by atoms with Gasteiger partial charge in [-0.3, -0.25) is 9.78 Å². The number of esters is 1. The van der Waals surface area contributed by atoms with Gasteiger partial charge in [0, 0.05) is 36.3 Å². The van der Waals surface area contributed by atoms with Gasteiger partial charge in [0.2, 0.25) is 5.91 Å². The van der Waals surface area contributed by atoms with Gasteiger partial charge in [-0.2, -0.15) is 0 Å². The Balaban J connectivity index is 1.66. The summed E-state index contributed by atoms with van der Waals surface area (Å²) in [7, 11) is 2.93. The largest absolute Gasteiger partial charge is 0.494 e. The van der Waals surface area contributed by atoms with E-state index in [-0.39, 0.29) is 18.0 Å². The van der Waals surface area contributed by atoms with Crippen LogP contribution >= 0.6 is 12.2 Å². The highest BCUT2D eigenvalue weighted by atomic mass is 32.1. The zero-order chi connectivity index (χ0) is 28.2. The van der Waals surface area contributed by atoms with Crippen molar-refractivity contribution in [1.82, 2.24) is 14.9 Å². The number of nitrogens with zero attached hydrogens (tertiary/aromatic N) is 3. The summed E-state index contributed by atoms with van der Waals surface area (Å²) in [5, 5.41) is 6.84. The van der Waals surface area contributed by atoms with Crippen LogP contribution in [0.1, 0.15) is 47.2 Å². The molecule has 4 aromatic rings. The number of hydrogen-bond donors (Lipinski definition) is 2. The lowest BCUT2D eigenvalue weighted by atomic mass is 10.00. The van der Waals surface area contributed by atoms with Crippen molar-refractivity contribution in [3.8, 4) is 11.4 Å². The molecule has 0 radical (unpaired) electrons. The molecule has 1 amide bonds. The summed E-state index contributed by atoms with van der Waals surface area (Å²) >= 11 is 5.89. The van der Waals surface area contributed by atoms with Gasteiger partial charge in [-0.05, 0) is 60.7 Å². The standard InChI is InChI=1S/C30H29N5O4S/c1-4-26(36)32-21-15-14-19(18-25(21)38-2)35-28(27(33-30(35)40)22-11-7-8-16-31-22)24-13-9-17-34(24)23-12-6-5-10-20(23)29(37)39-3/h5-18,27-28H,4H2,1-3H3,(H,32,36)(H,33,40)/t27-,28+/m1/s1. The van der Waals surface area contributed by atoms with Crippen LogP contribution in [0, 0.1) is 0 Å². The first-order valence-electron chi connectivity index (χ1n) is 12.8.